The highest BCUT2D eigenvalue weighted by Crippen LogP contribution is 2.20. The Balaban J connectivity index is 1.65. The first kappa shape index (κ1) is 12.3. The second-order valence-corrected chi connectivity index (χ2v) is 4.70. The van der Waals surface area contributed by atoms with Crippen molar-refractivity contribution in [3.8, 4) is 0 Å². The van der Waals surface area contributed by atoms with Gasteiger partial charge in [-0.05, 0) is 18.6 Å². The molecule has 1 aromatic rings. The van der Waals surface area contributed by atoms with Gasteiger partial charge < -0.3 is 14.5 Å². The fourth-order valence-corrected chi connectivity index (χ4v) is 2.32. The van der Waals surface area contributed by atoms with Gasteiger partial charge in [-0.2, -0.15) is 0 Å². The standard InChI is InChI=1S/C13H17N4O2/c1-3-12(15-14-7-1)17-8-2-4-13(17)16-19-11-5-9-18-10-6-11/h1,3,11H,2,4-6,8-10H2. The summed E-state index contributed by atoms with van der Waals surface area (Å²) in [4.78, 5) is 7.68. The number of rotatable bonds is 3. The summed E-state index contributed by atoms with van der Waals surface area (Å²) in [6, 6.07) is 3.65. The summed E-state index contributed by atoms with van der Waals surface area (Å²) in [5, 5.41) is 12.2. The predicted molar refractivity (Wildman–Crippen MR) is 69.8 cm³/mol. The molecule has 0 aliphatic carbocycles. The predicted octanol–water partition coefficient (Wildman–Crippen LogP) is 1.39. The van der Waals surface area contributed by atoms with Crippen LogP contribution in [-0.2, 0) is 9.57 Å². The molecule has 0 N–H and O–H groups in total. The van der Waals surface area contributed by atoms with Gasteiger partial charge >= 0.3 is 0 Å². The maximum atomic E-state index is 5.63. The van der Waals surface area contributed by atoms with Crippen LogP contribution in [0.15, 0.2) is 17.3 Å². The molecule has 0 amide bonds. The maximum absolute atomic E-state index is 5.63. The lowest BCUT2D eigenvalue weighted by molar-refractivity contribution is -0.0302. The first-order valence-corrected chi connectivity index (χ1v) is 6.71. The van der Waals surface area contributed by atoms with Gasteiger partial charge in [0, 0.05) is 25.8 Å². The number of hydrogen-bond acceptors (Lipinski definition) is 5. The average molecular weight is 261 g/mol. The highest BCUT2D eigenvalue weighted by atomic mass is 16.6. The molecule has 19 heavy (non-hydrogen) atoms. The Hall–Kier alpha value is -1.69. The second-order valence-electron chi connectivity index (χ2n) is 4.70. The SMILES string of the molecule is [c]1ccc(N2CCCC2=NOC2CCOCC2)nn1. The van der Waals surface area contributed by atoms with Crippen LogP contribution in [0.4, 0.5) is 5.82 Å². The van der Waals surface area contributed by atoms with E-state index in [1.807, 2.05) is 6.07 Å². The molecule has 2 aliphatic rings. The van der Waals surface area contributed by atoms with Crippen molar-refractivity contribution in [2.24, 2.45) is 5.16 Å². The van der Waals surface area contributed by atoms with Gasteiger partial charge in [0.05, 0.1) is 13.2 Å². The van der Waals surface area contributed by atoms with Crippen LogP contribution >= 0.6 is 0 Å². The van der Waals surface area contributed by atoms with Gasteiger partial charge in [0.2, 0.25) is 0 Å². The minimum absolute atomic E-state index is 0.180. The molecule has 2 saturated heterocycles. The van der Waals surface area contributed by atoms with Crippen molar-refractivity contribution < 1.29 is 9.57 Å². The Bertz CT molecular complexity index is 432. The molecule has 0 atom stereocenters. The Morgan fingerprint density at radius 2 is 2.32 bits per heavy atom. The van der Waals surface area contributed by atoms with Crippen molar-refractivity contribution in [3.05, 3.63) is 18.3 Å². The van der Waals surface area contributed by atoms with Crippen LogP contribution in [0.3, 0.4) is 0 Å². The van der Waals surface area contributed by atoms with Gasteiger partial charge in [0.15, 0.2) is 5.82 Å². The van der Waals surface area contributed by atoms with Gasteiger partial charge in [0.1, 0.15) is 18.1 Å². The third kappa shape index (κ3) is 3.01. The molecule has 2 aliphatic heterocycles. The molecule has 0 unspecified atom stereocenters. The number of oxime groups is 1. The van der Waals surface area contributed by atoms with Gasteiger partial charge in [-0.1, -0.05) is 5.16 Å². The molecule has 1 aromatic heterocycles. The second kappa shape index (κ2) is 5.97. The Kier molecular flexibility index (Phi) is 3.88. The molecule has 0 spiro atoms. The lowest BCUT2D eigenvalue weighted by Gasteiger charge is -2.21. The molecule has 1 radical (unpaired) electrons. The number of ether oxygens (including phenoxy) is 1. The summed E-state index contributed by atoms with van der Waals surface area (Å²) in [7, 11) is 0. The summed E-state index contributed by atoms with van der Waals surface area (Å²) in [6.45, 7) is 2.44. The number of anilines is 1. The van der Waals surface area contributed by atoms with Crippen molar-refractivity contribution in [2.75, 3.05) is 24.7 Å². The monoisotopic (exact) mass is 261 g/mol. The molecule has 3 rings (SSSR count). The summed E-state index contributed by atoms with van der Waals surface area (Å²) in [5.41, 5.74) is 0. The highest BCUT2D eigenvalue weighted by molar-refractivity contribution is 5.98. The summed E-state index contributed by atoms with van der Waals surface area (Å²) < 4.78 is 5.30. The molecule has 6 heteroatoms. The Labute approximate surface area is 112 Å². The first-order valence-electron chi connectivity index (χ1n) is 6.71. The third-order valence-corrected chi connectivity index (χ3v) is 3.36. The third-order valence-electron chi connectivity index (χ3n) is 3.36. The fraction of sp³-hybridized carbons (Fsp3) is 0.615. The summed E-state index contributed by atoms with van der Waals surface area (Å²) in [6.07, 6.45) is 6.67. The topological polar surface area (TPSA) is 59.8 Å². The molecule has 0 bridgehead atoms. The van der Waals surface area contributed by atoms with E-state index < -0.39 is 0 Å². The zero-order chi connectivity index (χ0) is 12.9. The Morgan fingerprint density at radius 3 is 3.11 bits per heavy atom. The fourth-order valence-electron chi connectivity index (χ4n) is 2.32. The van der Waals surface area contributed by atoms with Gasteiger partial charge in [-0.15, -0.1) is 10.2 Å². The summed E-state index contributed by atoms with van der Waals surface area (Å²) >= 11 is 0. The van der Waals surface area contributed by atoms with E-state index in [4.69, 9.17) is 9.57 Å². The van der Waals surface area contributed by atoms with E-state index in [1.165, 1.54) is 0 Å². The number of amidine groups is 1. The smallest absolute Gasteiger partial charge is 0.156 e. The molecular weight excluding hydrogens is 244 g/mol. The average Bonchev–Trinajstić information content (AvgIpc) is 2.95. The molecule has 0 saturated carbocycles. The maximum Gasteiger partial charge on any atom is 0.156 e. The first-order chi connectivity index (χ1) is 9.43. The Morgan fingerprint density at radius 1 is 1.42 bits per heavy atom. The van der Waals surface area contributed by atoms with Crippen molar-refractivity contribution in [3.63, 3.8) is 0 Å². The highest BCUT2D eigenvalue weighted by Gasteiger charge is 2.23. The van der Waals surface area contributed by atoms with E-state index in [1.54, 1.807) is 6.07 Å². The molecule has 2 fully saturated rings. The minimum Gasteiger partial charge on any atom is -0.391 e. The minimum atomic E-state index is 0.180. The van der Waals surface area contributed by atoms with Crippen LogP contribution in [0.1, 0.15) is 25.7 Å². The van der Waals surface area contributed by atoms with Crippen LogP contribution in [0.2, 0.25) is 0 Å². The number of aromatic nitrogens is 2. The number of hydrogen-bond donors (Lipinski definition) is 0. The van der Waals surface area contributed by atoms with Gasteiger partial charge in [-0.25, -0.2) is 0 Å². The van der Waals surface area contributed by atoms with Crippen LogP contribution in [0.25, 0.3) is 0 Å². The van der Waals surface area contributed by atoms with Crippen molar-refractivity contribution in [1.29, 1.82) is 0 Å². The van der Waals surface area contributed by atoms with Crippen LogP contribution in [0.5, 0.6) is 0 Å². The quantitative estimate of drug-likeness (QED) is 0.769. The zero-order valence-electron chi connectivity index (χ0n) is 10.8. The van der Waals surface area contributed by atoms with Crippen molar-refractivity contribution in [2.45, 2.75) is 31.8 Å². The molecule has 101 valence electrons. The molecular formula is C13H17N4O2. The van der Waals surface area contributed by atoms with E-state index in [2.05, 4.69) is 26.4 Å². The largest absolute Gasteiger partial charge is 0.391 e. The van der Waals surface area contributed by atoms with E-state index in [0.29, 0.717) is 0 Å². The molecule has 0 aromatic carbocycles. The summed E-state index contributed by atoms with van der Waals surface area (Å²) in [5.74, 6) is 1.75. The lowest BCUT2D eigenvalue weighted by Crippen LogP contribution is -2.27. The van der Waals surface area contributed by atoms with Crippen molar-refractivity contribution >= 4 is 11.7 Å². The van der Waals surface area contributed by atoms with E-state index in [-0.39, 0.29) is 6.10 Å². The van der Waals surface area contributed by atoms with Crippen LogP contribution in [-0.4, -0.2) is 41.9 Å². The van der Waals surface area contributed by atoms with Crippen molar-refractivity contribution in [1.82, 2.24) is 10.2 Å². The zero-order valence-corrected chi connectivity index (χ0v) is 10.8. The van der Waals surface area contributed by atoms with E-state index >= 15 is 0 Å². The van der Waals surface area contributed by atoms with Gasteiger partial charge in [-0.3, -0.25) is 0 Å². The number of nitrogens with zero attached hydrogens (tertiary/aromatic N) is 4. The molecule has 3 heterocycles. The lowest BCUT2D eigenvalue weighted by atomic mass is 10.2. The van der Waals surface area contributed by atoms with E-state index in [0.717, 1.165) is 57.1 Å². The van der Waals surface area contributed by atoms with E-state index in [9.17, 15) is 0 Å². The normalized spacial score (nSPS) is 22.9. The van der Waals surface area contributed by atoms with Gasteiger partial charge in [0.25, 0.3) is 0 Å². The van der Waals surface area contributed by atoms with Crippen LogP contribution in [0, 0.1) is 6.20 Å². The molecule has 6 nitrogen and oxygen atoms in total. The van der Waals surface area contributed by atoms with Crippen LogP contribution < -0.4 is 4.90 Å².